The molecule has 0 spiro atoms. The van der Waals surface area contributed by atoms with Crippen molar-refractivity contribution in [2.45, 2.75) is 13.8 Å². The third-order valence-corrected chi connectivity index (χ3v) is 2.62. The summed E-state index contributed by atoms with van der Waals surface area (Å²) in [6, 6.07) is 4.15. The van der Waals surface area contributed by atoms with E-state index in [1.165, 1.54) is 23.1 Å². The van der Waals surface area contributed by atoms with E-state index in [0.717, 1.165) is 0 Å². The number of para-hydroxylation sites is 1. The van der Waals surface area contributed by atoms with Gasteiger partial charge in [0, 0.05) is 13.1 Å². The van der Waals surface area contributed by atoms with E-state index in [1.807, 2.05) is 0 Å². The fourth-order valence-electron chi connectivity index (χ4n) is 1.63. The molecule has 0 unspecified atom stereocenters. The first-order valence-electron chi connectivity index (χ1n) is 6.08. The zero-order valence-electron chi connectivity index (χ0n) is 11.0. The molecule has 0 aliphatic rings. The summed E-state index contributed by atoms with van der Waals surface area (Å²) in [7, 11) is 0. The number of phenols is 2. The summed E-state index contributed by atoms with van der Waals surface area (Å²) in [5, 5.41) is 21.6. The van der Waals surface area contributed by atoms with Crippen LogP contribution in [0.1, 0.15) is 24.2 Å². The normalized spacial score (nSPS) is 10.0. The zero-order chi connectivity index (χ0) is 14.4. The topological polar surface area (TPSA) is 89.9 Å². The van der Waals surface area contributed by atoms with Gasteiger partial charge in [-0.2, -0.15) is 0 Å². The van der Waals surface area contributed by atoms with Crippen molar-refractivity contribution in [2.24, 2.45) is 0 Å². The van der Waals surface area contributed by atoms with Crippen LogP contribution < -0.4 is 5.32 Å². The summed E-state index contributed by atoms with van der Waals surface area (Å²) >= 11 is 0. The first kappa shape index (κ1) is 14.8. The second-order valence-electron chi connectivity index (χ2n) is 3.95. The van der Waals surface area contributed by atoms with Crippen molar-refractivity contribution in [3.05, 3.63) is 23.8 Å². The fourth-order valence-corrected chi connectivity index (χ4v) is 1.63. The first-order valence-corrected chi connectivity index (χ1v) is 6.08. The smallest absolute Gasteiger partial charge is 0.258 e. The highest BCUT2D eigenvalue weighted by Crippen LogP contribution is 2.28. The number of carbonyl (C=O) groups excluding carboxylic acids is 2. The molecule has 0 fully saturated rings. The number of nitrogens with one attached hydrogen (secondary N) is 1. The molecule has 2 amide bonds. The number of benzene rings is 1. The van der Waals surface area contributed by atoms with Crippen LogP contribution in [-0.2, 0) is 4.79 Å². The summed E-state index contributed by atoms with van der Waals surface area (Å²) in [6.07, 6.45) is 0. The molecule has 6 heteroatoms. The van der Waals surface area contributed by atoms with Gasteiger partial charge in [0.1, 0.15) is 0 Å². The molecule has 0 atom stereocenters. The fraction of sp³-hybridized carbons (Fsp3) is 0.385. The van der Waals surface area contributed by atoms with Crippen LogP contribution in [0.15, 0.2) is 18.2 Å². The van der Waals surface area contributed by atoms with Crippen LogP contribution in [0.4, 0.5) is 0 Å². The Bertz CT molecular complexity index is 474. The number of aromatic hydroxyl groups is 2. The van der Waals surface area contributed by atoms with Crippen LogP contribution in [0.2, 0.25) is 0 Å². The molecule has 0 saturated heterocycles. The highest BCUT2D eigenvalue weighted by atomic mass is 16.3. The first-order chi connectivity index (χ1) is 9.01. The Hall–Kier alpha value is -2.24. The van der Waals surface area contributed by atoms with E-state index >= 15 is 0 Å². The van der Waals surface area contributed by atoms with Crippen LogP contribution in [0, 0.1) is 0 Å². The number of nitrogens with zero attached hydrogens (tertiary/aromatic N) is 1. The highest BCUT2D eigenvalue weighted by Gasteiger charge is 2.21. The van der Waals surface area contributed by atoms with E-state index in [9.17, 15) is 19.8 Å². The van der Waals surface area contributed by atoms with Gasteiger partial charge < -0.3 is 20.4 Å². The van der Waals surface area contributed by atoms with Gasteiger partial charge >= 0.3 is 0 Å². The number of hydrogen-bond donors (Lipinski definition) is 3. The molecule has 0 aromatic heterocycles. The number of likely N-dealkylation sites (N-methyl/N-ethyl adjacent to an activating group) is 2. The summed E-state index contributed by atoms with van der Waals surface area (Å²) < 4.78 is 0. The predicted octanol–water partition coefficient (Wildman–Crippen LogP) is 0.696. The van der Waals surface area contributed by atoms with Gasteiger partial charge in [-0.15, -0.1) is 0 Å². The maximum atomic E-state index is 12.2. The third kappa shape index (κ3) is 3.61. The minimum atomic E-state index is -0.498. The number of hydrogen-bond acceptors (Lipinski definition) is 4. The molecule has 0 radical (unpaired) electrons. The van der Waals surface area contributed by atoms with Gasteiger partial charge in [-0.3, -0.25) is 9.59 Å². The van der Waals surface area contributed by atoms with E-state index in [4.69, 9.17) is 0 Å². The van der Waals surface area contributed by atoms with E-state index in [1.54, 1.807) is 13.8 Å². The number of amides is 2. The largest absolute Gasteiger partial charge is 0.504 e. The van der Waals surface area contributed by atoms with Crippen molar-refractivity contribution in [3.63, 3.8) is 0 Å². The lowest BCUT2D eigenvalue weighted by molar-refractivity contribution is -0.121. The van der Waals surface area contributed by atoms with Crippen LogP contribution in [0.3, 0.4) is 0 Å². The Kier molecular flexibility index (Phi) is 5.17. The summed E-state index contributed by atoms with van der Waals surface area (Å²) in [5.74, 6) is -1.60. The Balaban J connectivity index is 2.89. The van der Waals surface area contributed by atoms with Crippen molar-refractivity contribution in [2.75, 3.05) is 19.6 Å². The summed E-state index contributed by atoms with van der Waals surface area (Å²) in [5.41, 5.74) is -0.0221. The van der Waals surface area contributed by atoms with Gasteiger partial charge in [-0.25, -0.2) is 0 Å². The second kappa shape index (κ2) is 6.63. The third-order valence-electron chi connectivity index (χ3n) is 2.62. The SMILES string of the molecule is CCNC(=O)CN(CC)C(=O)c1cccc(O)c1O. The molecule has 6 nitrogen and oxygen atoms in total. The van der Waals surface area contributed by atoms with E-state index in [0.29, 0.717) is 13.1 Å². The quantitative estimate of drug-likeness (QED) is 0.684. The molecule has 104 valence electrons. The molecule has 0 bridgehead atoms. The standard InChI is InChI=1S/C13H18N2O4/c1-3-14-11(17)8-15(4-2)13(19)9-6-5-7-10(16)12(9)18/h5-7,16,18H,3-4,8H2,1-2H3,(H,14,17). The Morgan fingerprint density at radius 1 is 1.26 bits per heavy atom. The van der Waals surface area contributed by atoms with Crippen molar-refractivity contribution < 1.29 is 19.8 Å². The molecule has 1 aromatic rings. The Morgan fingerprint density at radius 2 is 1.95 bits per heavy atom. The Morgan fingerprint density at radius 3 is 2.53 bits per heavy atom. The predicted molar refractivity (Wildman–Crippen MR) is 70.0 cm³/mol. The lowest BCUT2D eigenvalue weighted by Crippen LogP contribution is -2.40. The monoisotopic (exact) mass is 266 g/mol. The van der Waals surface area contributed by atoms with Crippen LogP contribution in [0.5, 0.6) is 11.5 Å². The maximum absolute atomic E-state index is 12.2. The second-order valence-corrected chi connectivity index (χ2v) is 3.95. The van der Waals surface area contributed by atoms with Crippen LogP contribution in [0.25, 0.3) is 0 Å². The van der Waals surface area contributed by atoms with Crippen molar-refractivity contribution in [1.82, 2.24) is 10.2 Å². The molecule has 1 rings (SSSR count). The van der Waals surface area contributed by atoms with Gasteiger partial charge in [-0.1, -0.05) is 6.07 Å². The van der Waals surface area contributed by atoms with Gasteiger partial charge in [0.15, 0.2) is 11.5 Å². The van der Waals surface area contributed by atoms with Crippen molar-refractivity contribution in [1.29, 1.82) is 0 Å². The van der Waals surface area contributed by atoms with Gasteiger partial charge in [0.2, 0.25) is 5.91 Å². The van der Waals surface area contributed by atoms with Gasteiger partial charge in [0.05, 0.1) is 12.1 Å². The maximum Gasteiger partial charge on any atom is 0.258 e. The summed E-state index contributed by atoms with van der Waals surface area (Å²) in [4.78, 5) is 24.9. The average Bonchev–Trinajstić information content (AvgIpc) is 2.39. The van der Waals surface area contributed by atoms with E-state index < -0.39 is 11.7 Å². The molecular weight excluding hydrogens is 248 g/mol. The van der Waals surface area contributed by atoms with Crippen LogP contribution in [-0.4, -0.2) is 46.6 Å². The minimum Gasteiger partial charge on any atom is -0.504 e. The molecule has 1 aromatic carbocycles. The lowest BCUT2D eigenvalue weighted by Gasteiger charge is -2.20. The molecule has 0 aliphatic carbocycles. The minimum absolute atomic E-state index is 0.0221. The molecule has 0 aliphatic heterocycles. The average molecular weight is 266 g/mol. The zero-order valence-corrected chi connectivity index (χ0v) is 11.0. The molecule has 19 heavy (non-hydrogen) atoms. The number of phenolic OH excluding ortho intramolecular Hbond substituents is 2. The molecular formula is C13H18N2O4. The van der Waals surface area contributed by atoms with Gasteiger partial charge in [-0.05, 0) is 26.0 Å². The number of carbonyl (C=O) groups is 2. The van der Waals surface area contributed by atoms with E-state index in [2.05, 4.69) is 5.32 Å². The Labute approximate surface area is 111 Å². The molecule has 0 heterocycles. The lowest BCUT2D eigenvalue weighted by atomic mass is 10.1. The van der Waals surface area contributed by atoms with Crippen LogP contribution >= 0.6 is 0 Å². The van der Waals surface area contributed by atoms with Crippen molar-refractivity contribution in [3.8, 4) is 11.5 Å². The molecule has 0 saturated carbocycles. The van der Waals surface area contributed by atoms with E-state index in [-0.39, 0.29) is 23.8 Å². The van der Waals surface area contributed by atoms with Crippen molar-refractivity contribution >= 4 is 11.8 Å². The molecule has 3 N–H and O–H groups in total. The highest BCUT2D eigenvalue weighted by molar-refractivity contribution is 5.99. The number of rotatable bonds is 5. The van der Waals surface area contributed by atoms with Gasteiger partial charge in [0.25, 0.3) is 5.91 Å². The summed E-state index contributed by atoms with van der Waals surface area (Å²) in [6.45, 7) is 4.25.